The van der Waals surface area contributed by atoms with E-state index in [1.54, 1.807) is 4.90 Å². The largest absolute Gasteiger partial charge is 0.346 e. The summed E-state index contributed by atoms with van der Waals surface area (Å²) in [7, 11) is 0. The second-order valence-corrected chi connectivity index (χ2v) is 17.5. The van der Waals surface area contributed by atoms with Crippen LogP contribution in [0.1, 0.15) is 107 Å². The van der Waals surface area contributed by atoms with Gasteiger partial charge in [0.15, 0.2) is 0 Å². The summed E-state index contributed by atoms with van der Waals surface area (Å²) in [5, 5.41) is 11.4. The molecule has 2 unspecified atom stereocenters. The number of nitrogens with one attached hydrogen (secondary N) is 4. The van der Waals surface area contributed by atoms with Crippen molar-refractivity contribution in [2.24, 2.45) is 39.9 Å². The van der Waals surface area contributed by atoms with E-state index < -0.39 is 47.2 Å². The topological polar surface area (TPSA) is 154 Å². The van der Waals surface area contributed by atoms with Crippen LogP contribution in [-0.4, -0.2) is 77.5 Å². The first-order valence-electron chi connectivity index (χ1n) is 17.9. The van der Waals surface area contributed by atoms with Crippen molar-refractivity contribution in [3.05, 3.63) is 12.7 Å². The minimum Gasteiger partial charge on any atom is -0.346 e. The molecule has 0 spiro atoms. The summed E-state index contributed by atoms with van der Waals surface area (Å²) < 4.78 is 0. The van der Waals surface area contributed by atoms with E-state index in [1.165, 1.54) is 6.08 Å². The first-order valence-corrected chi connectivity index (χ1v) is 17.9. The maximum atomic E-state index is 14.4. The Bertz CT molecular complexity index is 1290. The average molecular weight is 670 g/mol. The van der Waals surface area contributed by atoms with Gasteiger partial charge in [-0.05, 0) is 59.7 Å². The van der Waals surface area contributed by atoms with Gasteiger partial charge in [-0.1, -0.05) is 80.7 Å². The van der Waals surface area contributed by atoms with E-state index >= 15 is 0 Å². The molecule has 0 aromatic rings. The van der Waals surface area contributed by atoms with Crippen LogP contribution in [0.5, 0.6) is 0 Å². The summed E-state index contributed by atoms with van der Waals surface area (Å²) in [4.78, 5) is 82.0. The van der Waals surface area contributed by atoms with Gasteiger partial charge in [-0.3, -0.25) is 24.0 Å². The molecule has 4 aliphatic rings. The van der Waals surface area contributed by atoms with Gasteiger partial charge in [0.2, 0.25) is 17.6 Å². The minimum atomic E-state index is -0.986. The number of piperidine rings is 1. The van der Waals surface area contributed by atoms with Crippen molar-refractivity contribution in [2.45, 2.75) is 131 Å². The monoisotopic (exact) mass is 669 g/mol. The number of Topliss-reactive ketones (excluding diaryl/α,β-unsaturated/α-hetero) is 2. The Labute approximate surface area is 286 Å². The van der Waals surface area contributed by atoms with Gasteiger partial charge in [0.05, 0.1) is 6.04 Å². The number of hydrogen-bond donors (Lipinski definition) is 4. The summed E-state index contributed by atoms with van der Waals surface area (Å²) in [6, 6.07) is -3.54. The first kappa shape index (κ1) is 37.6. The number of urea groups is 1. The molecule has 7 atom stereocenters. The summed E-state index contributed by atoms with van der Waals surface area (Å²) in [5.74, 6) is -1.87. The van der Waals surface area contributed by atoms with Crippen molar-refractivity contribution in [1.29, 1.82) is 0 Å². The molecule has 48 heavy (non-hydrogen) atoms. The van der Waals surface area contributed by atoms with Crippen LogP contribution in [-0.2, 0) is 24.0 Å². The molecule has 4 fully saturated rings. The van der Waals surface area contributed by atoms with Gasteiger partial charge < -0.3 is 26.2 Å². The van der Waals surface area contributed by atoms with Crippen molar-refractivity contribution in [1.82, 2.24) is 26.2 Å². The third-order valence-corrected chi connectivity index (χ3v) is 11.2. The maximum Gasteiger partial charge on any atom is 0.315 e. The quantitative estimate of drug-likeness (QED) is 0.172. The van der Waals surface area contributed by atoms with E-state index in [9.17, 15) is 28.8 Å². The molecule has 5 amide bonds. The summed E-state index contributed by atoms with van der Waals surface area (Å²) >= 11 is 0. The lowest BCUT2D eigenvalue weighted by Crippen LogP contribution is -2.62. The highest BCUT2D eigenvalue weighted by atomic mass is 16.2. The van der Waals surface area contributed by atoms with Crippen LogP contribution in [0.4, 0.5) is 4.79 Å². The molecule has 3 saturated carbocycles. The van der Waals surface area contributed by atoms with Gasteiger partial charge in [0, 0.05) is 31.5 Å². The number of amides is 5. The van der Waals surface area contributed by atoms with Gasteiger partial charge in [-0.15, -0.1) is 6.58 Å². The van der Waals surface area contributed by atoms with Crippen LogP contribution >= 0.6 is 0 Å². The van der Waals surface area contributed by atoms with E-state index in [-0.39, 0.29) is 58.8 Å². The van der Waals surface area contributed by atoms with Crippen LogP contribution < -0.4 is 21.3 Å². The smallest absolute Gasteiger partial charge is 0.315 e. The number of fused-ring (bicyclic) bond motifs is 1. The fourth-order valence-electron chi connectivity index (χ4n) is 7.76. The molecule has 0 aromatic heterocycles. The SMILES string of the molecule is C=CCNC(=O)C(=O)C(CC1CC1)NC(=O)[C@@H]1[C@@H]2[C@H](CN1C(=O)[C@@H](NC(=O)N[C@H](CC1CCCCC1=O)C(C)(C)C)C(C)(C)C)C2(C)C. The molecule has 0 aromatic carbocycles. The zero-order valence-electron chi connectivity index (χ0n) is 30.4. The van der Waals surface area contributed by atoms with Gasteiger partial charge >= 0.3 is 6.03 Å². The standard InChI is InChI=1S/C37H59N5O6/c1-10-17-38-32(46)29(44)24(18-21-15-16-21)39-31(45)28-27-23(37(27,8)9)20-42(28)33(47)30(36(5,6)7)41-34(48)40-26(35(2,3)4)19-22-13-11-12-14-25(22)43/h10,21-24,26-28,30H,1,11-20H2,2-9H3,(H,38,46)(H,39,45)(H2,40,41,48)/t22?,23-,24?,26+,27-,28-,30+/m0/s1. The Morgan fingerprint density at radius 3 is 2.17 bits per heavy atom. The Hall–Kier alpha value is -3.24. The van der Waals surface area contributed by atoms with Gasteiger partial charge in [0.1, 0.15) is 17.9 Å². The lowest BCUT2D eigenvalue weighted by atomic mass is 9.76. The third kappa shape index (κ3) is 8.67. The van der Waals surface area contributed by atoms with Gasteiger partial charge in [-0.2, -0.15) is 0 Å². The molecular formula is C37H59N5O6. The van der Waals surface area contributed by atoms with Crippen molar-refractivity contribution < 1.29 is 28.8 Å². The Morgan fingerprint density at radius 1 is 0.938 bits per heavy atom. The normalized spacial score (nSPS) is 26.8. The Balaban J connectivity index is 1.51. The third-order valence-electron chi connectivity index (χ3n) is 11.2. The predicted molar refractivity (Wildman–Crippen MR) is 183 cm³/mol. The van der Waals surface area contributed by atoms with E-state index in [4.69, 9.17) is 0 Å². The van der Waals surface area contributed by atoms with Crippen molar-refractivity contribution in [3.8, 4) is 0 Å². The number of hydrogen-bond acceptors (Lipinski definition) is 6. The molecule has 268 valence electrons. The fraction of sp³-hybridized carbons (Fsp3) is 0.784. The number of carbonyl (C=O) groups is 6. The van der Waals surface area contributed by atoms with E-state index in [0.717, 1.165) is 32.1 Å². The Morgan fingerprint density at radius 2 is 1.60 bits per heavy atom. The second-order valence-electron chi connectivity index (χ2n) is 17.5. The van der Waals surface area contributed by atoms with Crippen molar-refractivity contribution in [3.63, 3.8) is 0 Å². The van der Waals surface area contributed by atoms with Gasteiger partial charge in [-0.25, -0.2) is 4.79 Å². The van der Waals surface area contributed by atoms with Crippen LogP contribution in [0.25, 0.3) is 0 Å². The van der Waals surface area contributed by atoms with Crippen molar-refractivity contribution >= 4 is 35.3 Å². The minimum absolute atomic E-state index is 0.0917. The molecule has 0 radical (unpaired) electrons. The molecule has 4 N–H and O–H groups in total. The molecule has 1 aliphatic heterocycles. The lowest BCUT2D eigenvalue weighted by molar-refractivity contribution is -0.145. The fourth-order valence-corrected chi connectivity index (χ4v) is 7.76. The summed E-state index contributed by atoms with van der Waals surface area (Å²) in [6.45, 7) is 20.0. The highest BCUT2D eigenvalue weighted by Crippen LogP contribution is 2.65. The number of nitrogens with zero attached hydrogens (tertiary/aromatic N) is 1. The average Bonchev–Trinajstić information content (AvgIpc) is 3.84. The number of ketones is 2. The number of carbonyl (C=O) groups excluding carboxylic acids is 6. The molecular weight excluding hydrogens is 610 g/mol. The van der Waals surface area contributed by atoms with Crippen LogP contribution in [0.3, 0.4) is 0 Å². The summed E-state index contributed by atoms with van der Waals surface area (Å²) in [5.41, 5.74) is -1.19. The highest BCUT2D eigenvalue weighted by Gasteiger charge is 2.70. The van der Waals surface area contributed by atoms with Crippen LogP contribution in [0.2, 0.25) is 0 Å². The summed E-state index contributed by atoms with van der Waals surface area (Å²) in [6.07, 6.45) is 7.59. The van der Waals surface area contributed by atoms with E-state index in [0.29, 0.717) is 25.8 Å². The van der Waals surface area contributed by atoms with Crippen LogP contribution in [0, 0.1) is 39.9 Å². The predicted octanol–water partition coefficient (Wildman–Crippen LogP) is 3.90. The Kier molecular flexibility index (Phi) is 11.2. The highest BCUT2D eigenvalue weighted by molar-refractivity contribution is 6.38. The molecule has 0 bridgehead atoms. The van der Waals surface area contributed by atoms with E-state index in [2.05, 4.69) is 41.7 Å². The van der Waals surface area contributed by atoms with Crippen molar-refractivity contribution in [2.75, 3.05) is 13.1 Å². The van der Waals surface area contributed by atoms with E-state index in [1.807, 2.05) is 41.5 Å². The zero-order chi connectivity index (χ0) is 35.8. The molecule has 3 aliphatic carbocycles. The molecule has 1 saturated heterocycles. The number of likely N-dealkylation sites (tertiary alicyclic amines) is 1. The molecule has 1 heterocycles. The second kappa shape index (κ2) is 14.3. The molecule has 4 rings (SSSR count). The number of rotatable bonds is 13. The zero-order valence-corrected chi connectivity index (χ0v) is 30.4. The van der Waals surface area contributed by atoms with Gasteiger partial charge in [0.25, 0.3) is 5.91 Å². The lowest BCUT2D eigenvalue weighted by Gasteiger charge is -2.39. The van der Waals surface area contributed by atoms with Crippen LogP contribution in [0.15, 0.2) is 12.7 Å². The first-order chi connectivity index (χ1) is 22.3. The molecule has 11 heteroatoms. The maximum absolute atomic E-state index is 14.4. The molecule has 11 nitrogen and oxygen atoms in total.